The van der Waals surface area contributed by atoms with E-state index in [2.05, 4.69) is 43.9 Å². The number of likely N-dealkylation sites (tertiary alicyclic amines) is 1. The van der Waals surface area contributed by atoms with Crippen molar-refractivity contribution in [3.05, 3.63) is 47.9 Å². The summed E-state index contributed by atoms with van der Waals surface area (Å²) in [6.45, 7) is 8.77. The number of benzene rings is 1. The molecule has 2 N–H and O–H groups in total. The molecule has 0 unspecified atom stereocenters. The predicted octanol–water partition coefficient (Wildman–Crippen LogP) is 3.53. The standard InChI is InChI=1S/C26H34N6O2/c1-18-16-27-24-23(18)25(29-17-28-24)32-11-8-21(9-12-32)30-26(33)20-6-3-7-22(15-20)34-14-13-31-10-4-5-19(31)2/h3,6-7,15-17,19,21H,4-5,8-14H2,1-2H3,(H,30,33)(H,27,28,29)/t19-/m1/s1. The van der Waals surface area contributed by atoms with Gasteiger partial charge in [0, 0.05) is 43.5 Å². The number of anilines is 1. The van der Waals surface area contributed by atoms with E-state index >= 15 is 0 Å². The van der Waals surface area contributed by atoms with Crippen LogP contribution in [0.25, 0.3) is 11.0 Å². The van der Waals surface area contributed by atoms with Gasteiger partial charge in [0.15, 0.2) is 0 Å². The molecule has 2 fully saturated rings. The van der Waals surface area contributed by atoms with Crippen LogP contribution < -0.4 is 15.0 Å². The van der Waals surface area contributed by atoms with Gasteiger partial charge in [-0.05, 0) is 69.8 Å². The van der Waals surface area contributed by atoms with Crippen molar-refractivity contribution in [3.63, 3.8) is 0 Å². The first-order valence-electron chi connectivity index (χ1n) is 12.4. The minimum atomic E-state index is -0.0389. The quantitative estimate of drug-likeness (QED) is 0.559. The Morgan fingerprint density at radius 3 is 2.85 bits per heavy atom. The number of rotatable bonds is 7. The van der Waals surface area contributed by atoms with Crippen molar-refractivity contribution in [2.75, 3.05) is 37.7 Å². The van der Waals surface area contributed by atoms with Gasteiger partial charge >= 0.3 is 0 Å². The molecule has 0 radical (unpaired) electrons. The zero-order valence-electron chi connectivity index (χ0n) is 20.1. The van der Waals surface area contributed by atoms with Gasteiger partial charge in [0.05, 0.1) is 5.39 Å². The Kier molecular flexibility index (Phi) is 6.67. The summed E-state index contributed by atoms with van der Waals surface area (Å²) in [5.41, 5.74) is 2.67. The van der Waals surface area contributed by atoms with Gasteiger partial charge in [0.25, 0.3) is 5.91 Å². The molecule has 8 nitrogen and oxygen atoms in total. The average molecular weight is 463 g/mol. The Morgan fingerprint density at radius 1 is 1.21 bits per heavy atom. The number of amides is 1. The first kappa shape index (κ1) is 22.7. The first-order valence-corrected chi connectivity index (χ1v) is 12.4. The van der Waals surface area contributed by atoms with E-state index in [-0.39, 0.29) is 11.9 Å². The minimum absolute atomic E-state index is 0.0389. The summed E-state index contributed by atoms with van der Waals surface area (Å²) in [6.07, 6.45) is 7.88. The number of carbonyl (C=O) groups is 1. The molecule has 8 heteroatoms. The molecule has 2 aliphatic rings. The van der Waals surface area contributed by atoms with Gasteiger partial charge in [0.1, 0.15) is 30.1 Å². The maximum atomic E-state index is 12.9. The van der Waals surface area contributed by atoms with Crippen LogP contribution in [0.2, 0.25) is 0 Å². The molecule has 5 rings (SSSR count). The molecule has 2 saturated heterocycles. The smallest absolute Gasteiger partial charge is 0.251 e. The predicted molar refractivity (Wildman–Crippen MR) is 134 cm³/mol. The lowest BCUT2D eigenvalue weighted by atomic mass is 10.0. The Bertz CT molecular complexity index is 1140. The number of nitrogens with zero attached hydrogens (tertiary/aromatic N) is 4. The number of aryl methyl sites for hydroxylation is 1. The fourth-order valence-electron chi connectivity index (χ4n) is 5.17. The van der Waals surface area contributed by atoms with E-state index in [1.54, 1.807) is 6.33 Å². The van der Waals surface area contributed by atoms with E-state index in [9.17, 15) is 4.79 Å². The van der Waals surface area contributed by atoms with Crippen LogP contribution in [0.4, 0.5) is 5.82 Å². The van der Waals surface area contributed by atoms with Gasteiger partial charge in [-0.15, -0.1) is 0 Å². The summed E-state index contributed by atoms with van der Waals surface area (Å²) < 4.78 is 5.96. The fourth-order valence-corrected chi connectivity index (χ4v) is 5.17. The van der Waals surface area contributed by atoms with E-state index in [0.717, 1.165) is 67.2 Å². The lowest BCUT2D eigenvalue weighted by Crippen LogP contribution is -2.45. The van der Waals surface area contributed by atoms with Crippen LogP contribution in [-0.4, -0.2) is 70.6 Å². The third-order valence-electron chi connectivity index (χ3n) is 7.21. The fraction of sp³-hybridized carbons (Fsp3) is 0.500. The number of H-pyrrole nitrogens is 1. The van der Waals surface area contributed by atoms with Crippen LogP contribution in [0.15, 0.2) is 36.8 Å². The second kappa shape index (κ2) is 10.0. The SMILES string of the molecule is Cc1c[nH]c2ncnc(N3CCC(NC(=O)c4cccc(OCCN5CCC[C@H]5C)c4)CC3)c12. The van der Waals surface area contributed by atoms with E-state index in [0.29, 0.717) is 18.2 Å². The van der Waals surface area contributed by atoms with Crippen molar-refractivity contribution in [1.29, 1.82) is 0 Å². The molecule has 3 aromatic rings. The van der Waals surface area contributed by atoms with Crippen LogP contribution in [0.3, 0.4) is 0 Å². The van der Waals surface area contributed by atoms with E-state index in [1.807, 2.05) is 30.5 Å². The maximum absolute atomic E-state index is 12.9. The Morgan fingerprint density at radius 2 is 2.06 bits per heavy atom. The average Bonchev–Trinajstić information content (AvgIpc) is 3.45. The number of nitrogens with one attached hydrogen (secondary N) is 2. The highest BCUT2D eigenvalue weighted by Crippen LogP contribution is 2.28. The molecule has 4 heterocycles. The summed E-state index contributed by atoms with van der Waals surface area (Å²) in [4.78, 5) is 29.8. The minimum Gasteiger partial charge on any atom is -0.492 e. The van der Waals surface area contributed by atoms with Crippen molar-refractivity contribution >= 4 is 22.8 Å². The highest BCUT2D eigenvalue weighted by atomic mass is 16.5. The van der Waals surface area contributed by atoms with Crippen LogP contribution in [0.5, 0.6) is 5.75 Å². The van der Waals surface area contributed by atoms with Crippen molar-refractivity contribution in [2.45, 2.75) is 51.6 Å². The summed E-state index contributed by atoms with van der Waals surface area (Å²) in [5.74, 6) is 1.69. The molecule has 1 atom stereocenters. The van der Waals surface area contributed by atoms with Gasteiger partial charge in [-0.25, -0.2) is 9.97 Å². The molecule has 1 aromatic carbocycles. The van der Waals surface area contributed by atoms with Gasteiger partial charge in [-0.1, -0.05) is 6.07 Å². The molecule has 0 aliphatic carbocycles. The number of hydrogen-bond donors (Lipinski definition) is 2. The number of aromatic nitrogens is 3. The highest BCUT2D eigenvalue weighted by molar-refractivity contribution is 5.95. The van der Waals surface area contributed by atoms with Crippen molar-refractivity contribution in [2.24, 2.45) is 0 Å². The lowest BCUT2D eigenvalue weighted by molar-refractivity contribution is 0.0930. The highest BCUT2D eigenvalue weighted by Gasteiger charge is 2.24. The number of ether oxygens (including phenoxy) is 1. The van der Waals surface area contributed by atoms with E-state index < -0.39 is 0 Å². The Labute approximate surface area is 200 Å². The molecule has 1 amide bonds. The van der Waals surface area contributed by atoms with Crippen LogP contribution in [-0.2, 0) is 0 Å². The van der Waals surface area contributed by atoms with Gasteiger partial charge in [-0.2, -0.15) is 0 Å². The zero-order chi connectivity index (χ0) is 23.5. The lowest BCUT2D eigenvalue weighted by Gasteiger charge is -2.33. The second-order valence-electron chi connectivity index (χ2n) is 9.53. The monoisotopic (exact) mass is 462 g/mol. The van der Waals surface area contributed by atoms with E-state index in [4.69, 9.17) is 4.74 Å². The zero-order valence-corrected chi connectivity index (χ0v) is 20.1. The molecule has 34 heavy (non-hydrogen) atoms. The molecule has 180 valence electrons. The van der Waals surface area contributed by atoms with Gasteiger partial charge in [0.2, 0.25) is 0 Å². The Balaban J connectivity index is 1.13. The summed E-state index contributed by atoms with van der Waals surface area (Å²) in [7, 11) is 0. The number of hydrogen-bond acceptors (Lipinski definition) is 6. The summed E-state index contributed by atoms with van der Waals surface area (Å²) in [5, 5.41) is 4.30. The number of carbonyl (C=O) groups excluding carboxylic acids is 1. The van der Waals surface area contributed by atoms with Crippen molar-refractivity contribution in [3.8, 4) is 5.75 Å². The number of fused-ring (bicyclic) bond motifs is 1. The summed E-state index contributed by atoms with van der Waals surface area (Å²) >= 11 is 0. The maximum Gasteiger partial charge on any atom is 0.251 e. The molecular weight excluding hydrogens is 428 g/mol. The van der Waals surface area contributed by atoms with Gasteiger partial charge in [-0.3, -0.25) is 9.69 Å². The molecule has 0 bridgehead atoms. The number of aromatic amines is 1. The third kappa shape index (κ3) is 4.87. The third-order valence-corrected chi connectivity index (χ3v) is 7.21. The number of piperidine rings is 1. The largest absolute Gasteiger partial charge is 0.492 e. The molecule has 2 aromatic heterocycles. The molecule has 0 saturated carbocycles. The van der Waals surface area contributed by atoms with Crippen LogP contribution in [0.1, 0.15) is 48.5 Å². The van der Waals surface area contributed by atoms with Crippen LogP contribution in [0, 0.1) is 6.92 Å². The van der Waals surface area contributed by atoms with Crippen LogP contribution >= 0.6 is 0 Å². The molecule has 2 aliphatic heterocycles. The van der Waals surface area contributed by atoms with Crippen molar-refractivity contribution < 1.29 is 9.53 Å². The summed E-state index contributed by atoms with van der Waals surface area (Å²) in [6, 6.07) is 8.31. The van der Waals surface area contributed by atoms with E-state index in [1.165, 1.54) is 12.8 Å². The normalized spacial score (nSPS) is 19.6. The second-order valence-corrected chi connectivity index (χ2v) is 9.53. The first-order chi connectivity index (χ1) is 16.6. The Hall–Kier alpha value is -3.13. The molecular formula is C26H34N6O2. The molecule has 0 spiro atoms. The van der Waals surface area contributed by atoms with Gasteiger partial charge < -0.3 is 19.9 Å². The topological polar surface area (TPSA) is 86.4 Å². The van der Waals surface area contributed by atoms with Crippen molar-refractivity contribution in [1.82, 2.24) is 25.2 Å².